The predicted molar refractivity (Wildman–Crippen MR) is 116 cm³/mol. The normalized spacial score (nSPS) is 10.4. The number of hydrogen-bond donors (Lipinski definition) is 4. The summed E-state index contributed by atoms with van der Waals surface area (Å²) in [7, 11) is 0. The molecule has 0 bridgehead atoms. The minimum Gasteiger partial charge on any atom is -0.354 e. The monoisotopic (exact) mass is 430 g/mol. The molecule has 0 aliphatic heterocycles. The van der Waals surface area contributed by atoms with Gasteiger partial charge in [0.25, 0.3) is 0 Å². The third-order valence-electron chi connectivity index (χ3n) is 2.72. The molecule has 10 nitrogen and oxygen atoms in total. The molecular weight excluding hydrogens is 403 g/mol. The smallest absolute Gasteiger partial charge is 0.228 e. The standard InChI is InChI=1S/C9H16ClN5.C7H12ClN5/c1-5(2)11-8-13-7(10)14-9(15-8)12-6(3)4;1-3-9-6-11-5(8)12-7(13-6)10-4-2/h5-6H,1-4H3,(H2,11,12,13,14,15);3-4H2,1-2H3,(H2,9,10,11,12,13). The maximum Gasteiger partial charge on any atom is 0.228 e. The van der Waals surface area contributed by atoms with Gasteiger partial charge in [-0.05, 0) is 64.7 Å². The second-order valence-electron chi connectivity index (χ2n) is 6.16. The van der Waals surface area contributed by atoms with E-state index in [2.05, 4.69) is 51.2 Å². The fourth-order valence-electron chi connectivity index (χ4n) is 1.82. The molecule has 0 unspecified atom stereocenters. The van der Waals surface area contributed by atoms with Gasteiger partial charge in [-0.1, -0.05) is 0 Å². The zero-order valence-corrected chi connectivity index (χ0v) is 18.5. The molecule has 0 aliphatic carbocycles. The SMILES string of the molecule is CC(C)Nc1nc(Cl)nc(NC(C)C)n1.CCNc1nc(Cl)nc(NCC)n1. The van der Waals surface area contributed by atoms with Crippen molar-refractivity contribution in [2.75, 3.05) is 34.4 Å². The van der Waals surface area contributed by atoms with Gasteiger partial charge in [0.05, 0.1) is 0 Å². The Balaban J connectivity index is 0.000000283. The largest absolute Gasteiger partial charge is 0.354 e. The van der Waals surface area contributed by atoms with Crippen LogP contribution < -0.4 is 21.3 Å². The van der Waals surface area contributed by atoms with E-state index in [1.165, 1.54) is 0 Å². The Kier molecular flexibility index (Phi) is 10.5. The van der Waals surface area contributed by atoms with Gasteiger partial charge in [0.1, 0.15) is 0 Å². The maximum atomic E-state index is 5.77. The number of anilines is 4. The molecule has 4 N–H and O–H groups in total. The number of hydrogen-bond acceptors (Lipinski definition) is 10. The highest BCUT2D eigenvalue weighted by molar-refractivity contribution is 6.28. The van der Waals surface area contributed by atoms with E-state index in [0.29, 0.717) is 23.8 Å². The Morgan fingerprint density at radius 2 is 0.929 bits per heavy atom. The first-order valence-corrected chi connectivity index (χ1v) is 9.83. The van der Waals surface area contributed by atoms with Crippen molar-refractivity contribution in [3.8, 4) is 0 Å². The van der Waals surface area contributed by atoms with Gasteiger partial charge in [-0.2, -0.15) is 29.9 Å². The summed E-state index contributed by atoms with van der Waals surface area (Å²) in [5.41, 5.74) is 0. The molecule has 28 heavy (non-hydrogen) atoms. The summed E-state index contributed by atoms with van der Waals surface area (Å²) in [5.74, 6) is 1.98. The second kappa shape index (κ2) is 12.3. The van der Waals surface area contributed by atoms with Gasteiger partial charge in [0, 0.05) is 25.2 Å². The molecule has 0 atom stereocenters. The van der Waals surface area contributed by atoms with Crippen molar-refractivity contribution < 1.29 is 0 Å². The molecule has 156 valence electrons. The third kappa shape index (κ3) is 9.65. The van der Waals surface area contributed by atoms with Crippen LogP contribution in [-0.4, -0.2) is 55.1 Å². The highest BCUT2D eigenvalue weighted by atomic mass is 35.5. The van der Waals surface area contributed by atoms with E-state index in [-0.39, 0.29) is 22.7 Å². The zero-order chi connectivity index (χ0) is 21.1. The van der Waals surface area contributed by atoms with E-state index in [9.17, 15) is 0 Å². The van der Waals surface area contributed by atoms with Gasteiger partial charge < -0.3 is 21.3 Å². The van der Waals surface area contributed by atoms with Crippen LogP contribution in [0.3, 0.4) is 0 Å². The Morgan fingerprint density at radius 1 is 0.607 bits per heavy atom. The van der Waals surface area contributed by atoms with Crippen molar-refractivity contribution in [1.82, 2.24) is 29.9 Å². The third-order valence-corrected chi connectivity index (χ3v) is 3.06. The van der Waals surface area contributed by atoms with Gasteiger partial charge in [0.15, 0.2) is 0 Å². The number of aromatic nitrogens is 6. The molecule has 2 aromatic rings. The average molecular weight is 431 g/mol. The van der Waals surface area contributed by atoms with Crippen LogP contribution in [0.5, 0.6) is 0 Å². The van der Waals surface area contributed by atoms with Gasteiger partial charge in [-0.3, -0.25) is 0 Å². The van der Waals surface area contributed by atoms with E-state index in [1.807, 2.05) is 41.5 Å². The van der Waals surface area contributed by atoms with Crippen molar-refractivity contribution in [3.05, 3.63) is 10.6 Å². The Labute approximate surface area is 175 Å². The van der Waals surface area contributed by atoms with E-state index in [0.717, 1.165) is 13.1 Å². The van der Waals surface area contributed by atoms with Crippen molar-refractivity contribution in [2.45, 2.75) is 53.6 Å². The first-order chi connectivity index (χ1) is 13.2. The quantitative estimate of drug-likeness (QED) is 0.493. The molecule has 0 saturated carbocycles. The van der Waals surface area contributed by atoms with Crippen LogP contribution in [0.1, 0.15) is 41.5 Å². The summed E-state index contributed by atoms with van der Waals surface area (Å²) in [6, 6.07) is 0.519. The molecule has 0 aromatic carbocycles. The number of halogens is 2. The number of nitrogens with one attached hydrogen (secondary N) is 4. The summed E-state index contributed by atoms with van der Waals surface area (Å²) in [4.78, 5) is 24.0. The van der Waals surface area contributed by atoms with Crippen molar-refractivity contribution in [1.29, 1.82) is 0 Å². The van der Waals surface area contributed by atoms with Crippen LogP contribution in [0.2, 0.25) is 10.6 Å². The van der Waals surface area contributed by atoms with Crippen LogP contribution in [-0.2, 0) is 0 Å². The molecule has 0 amide bonds. The molecule has 0 radical (unpaired) electrons. The van der Waals surface area contributed by atoms with Gasteiger partial charge in [-0.25, -0.2) is 0 Å². The molecule has 2 rings (SSSR count). The summed E-state index contributed by atoms with van der Waals surface area (Å²) in [6.45, 7) is 13.5. The Morgan fingerprint density at radius 3 is 1.25 bits per heavy atom. The first-order valence-electron chi connectivity index (χ1n) is 9.07. The Hall–Kier alpha value is -2.20. The van der Waals surface area contributed by atoms with Gasteiger partial charge in [-0.15, -0.1) is 0 Å². The highest BCUT2D eigenvalue weighted by Gasteiger charge is 2.06. The number of rotatable bonds is 8. The van der Waals surface area contributed by atoms with Crippen LogP contribution in [0.4, 0.5) is 23.8 Å². The topological polar surface area (TPSA) is 125 Å². The highest BCUT2D eigenvalue weighted by Crippen LogP contribution is 2.11. The molecular formula is C16H28Cl2N10. The van der Waals surface area contributed by atoms with E-state index < -0.39 is 0 Å². The molecule has 0 spiro atoms. The van der Waals surface area contributed by atoms with Crippen LogP contribution in [0, 0.1) is 0 Å². The second-order valence-corrected chi connectivity index (χ2v) is 6.84. The van der Waals surface area contributed by atoms with E-state index in [1.54, 1.807) is 0 Å². The van der Waals surface area contributed by atoms with Gasteiger partial charge >= 0.3 is 0 Å². The van der Waals surface area contributed by atoms with Crippen LogP contribution in [0.15, 0.2) is 0 Å². The lowest BCUT2D eigenvalue weighted by molar-refractivity contribution is 0.845. The van der Waals surface area contributed by atoms with Crippen LogP contribution >= 0.6 is 23.2 Å². The van der Waals surface area contributed by atoms with E-state index >= 15 is 0 Å². The molecule has 0 fully saturated rings. The lowest BCUT2D eigenvalue weighted by Crippen LogP contribution is -2.17. The fourth-order valence-corrected chi connectivity index (χ4v) is 2.14. The minimum atomic E-state index is 0.191. The summed E-state index contributed by atoms with van der Waals surface area (Å²) in [5, 5.41) is 12.5. The summed E-state index contributed by atoms with van der Waals surface area (Å²) in [6.07, 6.45) is 0. The minimum absolute atomic E-state index is 0.191. The van der Waals surface area contributed by atoms with Crippen molar-refractivity contribution >= 4 is 47.0 Å². The number of nitrogens with zero attached hydrogens (tertiary/aromatic N) is 6. The average Bonchev–Trinajstić information content (AvgIpc) is 2.53. The summed E-state index contributed by atoms with van der Waals surface area (Å²) < 4.78 is 0. The molecule has 0 aliphatic rings. The molecule has 12 heteroatoms. The molecule has 2 heterocycles. The first kappa shape index (κ1) is 23.8. The zero-order valence-electron chi connectivity index (χ0n) is 17.0. The molecule has 2 aromatic heterocycles. The van der Waals surface area contributed by atoms with E-state index in [4.69, 9.17) is 23.2 Å². The summed E-state index contributed by atoms with van der Waals surface area (Å²) >= 11 is 11.5. The Bertz CT molecular complexity index is 674. The van der Waals surface area contributed by atoms with Crippen LogP contribution in [0.25, 0.3) is 0 Å². The predicted octanol–water partition coefficient (Wildman–Crippen LogP) is 3.55. The van der Waals surface area contributed by atoms with Gasteiger partial charge in [0.2, 0.25) is 34.4 Å². The molecule has 0 saturated heterocycles. The maximum absolute atomic E-state index is 5.77. The van der Waals surface area contributed by atoms with Crippen molar-refractivity contribution in [2.24, 2.45) is 0 Å². The fraction of sp³-hybridized carbons (Fsp3) is 0.625. The van der Waals surface area contributed by atoms with Crippen molar-refractivity contribution in [3.63, 3.8) is 0 Å². The lowest BCUT2D eigenvalue weighted by atomic mass is 10.4. The lowest BCUT2D eigenvalue weighted by Gasteiger charge is -2.11.